The molecule has 0 bridgehead atoms. The van der Waals surface area contributed by atoms with Crippen molar-refractivity contribution in [1.82, 2.24) is 24.5 Å². The van der Waals surface area contributed by atoms with Crippen LogP contribution in [0.1, 0.15) is 25.7 Å². The summed E-state index contributed by atoms with van der Waals surface area (Å²) in [5, 5.41) is 11.8. The van der Waals surface area contributed by atoms with Gasteiger partial charge in [0.25, 0.3) is 0 Å². The number of nitrogens with zero attached hydrogens (tertiary/aromatic N) is 5. The molecule has 3 rings (SSSR count). The highest BCUT2D eigenvalue weighted by Gasteiger charge is 2.08. The van der Waals surface area contributed by atoms with Gasteiger partial charge in [0.2, 0.25) is 0 Å². The van der Waals surface area contributed by atoms with Crippen LogP contribution in [0.3, 0.4) is 0 Å². The second kappa shape index (κ2) is 5.78. The first kappa shape index (κ1) is 13.4. The summed E-state index contributed by atoms with van der Waals surface area (Å²) in [5.41, 5.74) is 1.90. The third-order valence-electron chi connectivity index (χ3n) is 3.28. The third kappa shape index (κ3) is 2.79. The molecule has 0 aliphatic heterocycles. The fourth-order valence-corrected chi connectivity index (χ4v) is 2.26. The van der Waals surface area contributed by atoms with Crippen molar-refractivity contribution in [1.29, 1.82) is 0 Å². The van der Waals surface area contributed by atoms with E-state index in [1.165, 1.54) is 0 Å². The van der Waals surface area contributed by atoms with Crippen LogP contribution in [-0.2, 0) is 6.54 Å². The van der Waals surface area contributed by atoms with Gasteiger partial charge in [-0.05, 0) is 26.0 Å². The van der Waals surface area contributed by atoms with Crippen LogP contribution in [0.15, 0.2) is 49.1 Å². The zero-order chi connectivity index (χ0) is 14.7. The highest BCUT2D eigenvalue weighted by atomic mass is 15.5. The molecule has 0 radical (unpaired) electrons. The van der Waals surface area contributed by atoms with Crippen molar-refractivity contribution in [3.63, 3.8) is 0 Å². The second-order valence-electron chi connectivity index (χ2n) is 5.03. The van der Waals surface area contributed by atoms with E-state index in [-0.39, 0.29) is 0 Å². The molecule has 1 aromatic carbocycles. The Labute approximate surface area is 123 Å². The number of benzene rings is 1. The Balaban J connectivity index is 1.81. The van der Waals surface area contributed by atoms with Gasteiger partial charge in [-0.3, -0.25) is 0 Å². The average molecular weight is 282 g/mol. The van der Waals surface area contributed by atoms with Crippen LogP contribution in [0.2, 0.25) is 0 Å². The van der Waals surface area contributed by atoms with Crippen LogP contribution in [-0.4, -0.2) is 24.5 Å². The molecule has 1 N–H and O–H groups in total. The molecule has 0 unspecified atom stereocenters. The normalized spacial score (nSPS) is 11.0. The van der Waals surface area contributed by atoms with Crippen molar-refractivity contribution >= 4 is 5.69 Å². The summed E-state index contributed by atoms with van der Waals surface area (Å²) in [6, 6.07) is 8.36. The number of hydrogen-bond acceptors (Lipinski definition) is 4. The highest BCUT2D eigenvalue weighted by molar-refractivity contribution is 5.59. The predicted molar refractivity (Wildman–Crippen MR) is 81.3 cm³/mol. The first-order chi connectivity index (χ1) is 10.3. The van der Waals surface area contributed by atoms with E-state index < -0.39 is 0 Å². The van der Waals surface area contributed by atoms with Gasteiger partial charge >= 0.3 is 0 Å². The number of para-hydroxylation sites is 2. The lowest BCUT2D eigenvalue weighted by Crippen LogP contribution is -2.12. The smallest absolute Gasteiger partial charge is 0.128 e. The summed E-state index contributed by atoms with van der Waals surface area (Å²) in [6.07, 6.45) is 7.17. The first-order valence-corrected chi connectivity index (χ1v) is 6.97. The number of rotatable bonds is 5. The molecule has 6 heteroatoms. The summed E-state index contributed by atoms with van der Waals surface area (Å²) in [4.78, 5) is 6.02. The SMILES string of the molecule is CC(C)n1ccnc1CNc1ccccc1-n1nccn1. The van der Waals surface area contributed by atoms with Crippen molar-refractivity contribution in [3.05, 3.63) is 54.9 Å². The lowest BCUT2D eigenvalue weighted by molar-refractivity contribution is 0.572. The summed E-state index contributed by atoms with van der Waals surface area (Å²) in [6.45, 7) is 4.95. The van der Waals surface area contributed by atoms with Gasteiger partial charge < -0.3 is 9.88 Å². The average Bonchev–Trinajstić information content (AvgIpc) is 3.16. The lowest BCUT2D eigenvalue weighted by atomic mass is 10.2. The minimum atomic E-state index is 0.396. The largest absolute Gasteiger partial charge is 0.376 e. The maximum atomic E-state index is 4.41. The van der Waals surface area contributed by atoms with E-state index in [9.17, 15) is 0 Å². The number of imidazole rings is 1. The molecule has 0 atom stereocenters. The topological polar surface area (TPSA) is 60.6 Å². The van der Waals surface area contributed by atoms with Gasteiger partial charge in [0.05, 0.1) is 24.6 Å². The Kier molecular flexibility index (Phi) is 3.68. The molecule has 0 saturated carbocycles. The first-order valence-electron chi connectivity index (χ1n) is 6.97. The molecular weight excluding hydrogens is 264 g/mol. The summed E-state index contributed by atoms with van der Waals surface area (Å²) in [7, 11) is 0. The summed E-state index contributed by atoms with van der Waals surface area (Å²) >= 11 is 0. The number of anilines is 1. The molecule has 21 heavy (non-hydrogen) atoms. The Bertz CT molecular complexity index is 699. The van der Waals surface area contributed by atoms with Gasteiger partial charge in [-0.15, -0.1) is 4.80 Å². The Morgan fingerprint density at radius 1 is 1.10 bits per heavy atom. The van der Waals surface area contributed by atoms with Gasteiger partial charge in [0, 0.05) is 18.4 Å². The van der Waals surface area contributed by atoms with Crippen molar-refractivity contribution in [3.8, 4) is 5.69 Å². The van der Waals surface area contributed by atoms with E-state index in [1.807, 2.05) is 36.7 Å². The highest BCUT2D eigenvalue weighted by Crippen LogP contribution is 2.19. The monoisotopic (exact) mass is 282 g/mol. The maximum absolute atomic E-state index is 4.41. The van der Waals surface area contributed by atoms with Gasteiger partial charge in [0.1, 0.15) is 11.5 Å². The number of aromatic nitrogens is 5. The quantitative estimate of drug-likeness (QED) is 0.781. The van der Waals surface area contributed by atoms with Crippen molar-refractivity contribution < 1.29 is 0 Å². The fraction of sp³-hybridized carbons (Fsp3) is 0.267. The summed E-state index contributed by atoms with van der Waals surface area (Å²) < 4.78 is 2.15. The van der Waals surface area contributed by atoms with E-state index in [2.05, 4.69) is 38.9 Å². The molecule has 2 heterocycles. The van der Waals surface area contributed by atoms with Crippen molar-refractivity contribution in [2.24, 2.45) is 0 Å². The zero-order valence-electron chi connectivity index (χ0n) is 12.1. The molecule has 0 spiro atoms. The van der Waals surface area contributed by atoms with Crippen molar-refractivity contribution in [2.75, 3.05) is 5.32 Å². The van der Waals surface area contributed by atoms with E-state index >= 15 is 0 Å². The second-order valence-corrected chi connectivity index (χ2v) is 5.03. The Morgan fingerprint density at radius 3 is 2.62 bits per heavy atom. The molecule has 0 fully saturated rings. The zero-order valence-corrected chi connectivity index (χ0v) is 12.1. The van der Waals surface area contributed by atoms with Gasteiger partial charge in [-0.2, -0.15) is 10.2 Å². The Hall–Kier alpha value is -2.63. The maximum Gasteiger partial charge on any atom is 0.128 e. The van der Waals surface area contributed by atoms with Gasteiger partial charge in [0.15, 0.2) is 0 Å². The molecular formula is C15H18N6. The number of nitrogens with one attached hydrogen (secondary N) is 1. The van der Waals surface area contributed by atoms with Crippen LogP contribution >= 0.6 is 0 Å². The molecule has 6 nitrogen and oxygen atoms in total. The molecule has 108 valence electrons. The standard InChI is InChI=1S/C15H18N6/c1-12(2)20-10-9-16-15(20)11-17-13-5-3-4-6-14(13)21-18-7-8-19-21/h3-10,12,17H,11H2,1-2H3. The molecule has 3 aromatic rings. The molecule has 0 amide bonds. The molecule has 0 saturated heterocycles. The fourth-order valence-electron chi connectivity index (χ4n) is 2.26. The van der Waals surface area contributed by atoms with E-state index in [0.29, 0.717) is 12.6 Å². The van der Waals surface area contributed by atoms with E-state index in [1.54, 1.807) is 17.2 Å². The van der Waals surface area contributed by atoms with Gasteiger partial charge in [-0.1, -0.05) is 12.1 Å². The molecule has 0 aliphatic carbocycles. The van der Waals surface area contributed by atoms with Crippen LogP contribution in [0.25, 0.3) is 5.69 Å². The minimum absolute atomic E-state index is 0.396. The number of hydrogen-bond donors (Lipinski definition) is 1. The molecule has 0 aliphatic rings. The third-order valence-corrected chi connectivity index (χ3v) is 3.28. The minimum Gasteiger partial charge on any atom is -0.376 e. The Morgan fingerprint density at radius 2 is 1.86 bits per heavy atom. The van der Waals surface area contributed by atoms with Crippen LogP contribution < -0.4 is 5.32 Å². The predicted octanol–water partition coefficient (Wildman–Crippen LogP) is 2.66. The van der Waals surface area contributed by atoms with Gasteiger partial charge in [-0.25, -0.2) is 4.98 Å². The van der Waals surface area contributed by atoms with Crippen LogP contribution in [0.5, 0.6) is 0 Å². The van der Waals surface area contributed by atoms with Crippen LogP contribution in [0, 0.1) is 0 Å². The van der Waals surface area contributed by atoms with Crippen LogP contribution in [0.4, 0.5) is 5.69 Å². The summed E-state index contributed by atoms with van der Waals surface area (Å²) in [5.74, 6) is 1.01. The van der Waals surface area contributed by atoms with Crippen molar-refractivity contribution in [2.45, 2.75) is 26.4 Å². The van der Waals surface area contributed by atoms with E-state index in [0.717, 1.165) is 17.2 Å². The van der Waals surface area contributed by atoms with E-state index in [4.69, 9.17) is 0 Å². The lowest BCUT2D eigenvalue weighted by Gasteiger charge is -2.14. The molecule has 2 aromatic heterocycles.